The van der Waals surface area contributed by atoms with Gasteiger partial charge < -0.3 is 9.53 Å². The zero-order chi connectivity index (χ0) is 10.8. The highest BCUT2D eigenvalue weighted by Crippen LogP contribution is 2.44. The summed E-state index contributed by atoms with van der Waals surface area (Å²) in [6.45, 7) is 9.25. The van der Waals surface area contributed by atoms with Crippen LogP contribution >= 0.6 is 0 Å². The van der Waals surface area contributed by atoms with Crippen LogP contribution in [0.25, 0.3) is 0 Å². The van der Waals surface area contributed by atoms with Gasteiger partial charge in [0.15, 0.2) is 6.29 Å². The van der Waals surface area contributed by atoms with Crippen LogP contribution < -0.4 is 0 Å². The van der Waals surface area contributed by atoms with Crippen molar-refractivity contribution in [2.45, 2.75) is 52.6 Å². The normalized spacial score (nSPS) is 36.7. The Morgan fingerprint density at radius 3 is 2.50 bits per heavy atom. The number of rotatable bonds is 3. The summed E-state index contributed by atoms with van der Waals surface area (Å²) in [6, 6.07) is 0. The molecule has 2 unspecified atom stereocenters. The first kappa shape index (κ1) is 11.7. The van der Waals surface area contributed by atoms with Crippen molar-refractivity contribution in [3.05, 3.63) is 0 Å². The molecule has 2 nitrogen and oxygen atoms in total. The number of carbonyl (C=O) groups excluding carboxylic acids is 1. The van der Waals surface area contributed by atoms with Gasteiger partial charge in [0.1, 0.15) is 5.60 Å². The van der Waals surface area contributed by atoms with Crippen LogP contribution in [0.2, 0.25) is 0 Å². The fourth-order valence-electron chi connectivity index (χ4n) is 2.58. The lowest BCUT2D eigenvalue weighted by molar-refractivity contribution is -0.149. The van der Waals surface area contributed by atoms with Gasteiger partial charge >= 0.3 is 0 Å². The molecule has 0 aliphatic heterocycles. The standard InChI is InChI=1S/C12H22O2/c1-5-14-12(9-13)7-6-11(3,4)8-10(12)2/h9-10H,5-8H2,1-4H3. The first-order valence-corrected chi connectivity index (χ1v) is 5.56. The van der Waals surface area contributed by atoms with Crippen molar-refractivity contribution in [3.63, 3.8) is 0 Å². The SMILES string of the molecule is CCOC1(C=O)CCC(C)(C)CC1C. The first-order valence-electron chi connectivity index (χ1n) is 5.56. The third kappa shape index (κ3) is 2.17. The molecule has 0 radical (unpaired) electrons. The smallest absolute Gasteiger partial charge is 0.152 e. The summed E-state index contributed by atoms with van der Waals surface area (Å²) >= 11 is 0. The number of aldehydes is 1. The van der Waals surface area contributed by atoms with Gasteiger partial charge in [-0.15, -0.1) is 0 Å². The van der Waals surface area contributed by atoms with Crippen LogP contribution in [0.3, 0.4) is 0 Å². The van der Waals surface area contributed by atoms with Crippen LogP contribution in [-0.2, 0) is 9.53 Å². The summed E-state index contributed by atoms with van der Waals surface area (Å²) in [5.74, 6) is 0.337. The predicted octanol–water partition coefficient (Wildman–Crippen LogP) is 2.81. The topological polar surface area (TPSA) is 26.3 Å². The van der Waals surface area contributed by atoms with Gasteiger partial charge in [-0.3, -0.25) is 0 Å². The van der Waals surface area contributed by atoms with Gasteiger partial charge in [0.2, 0.25) is 0 Å². The van der Waals surface area contributed by atoms with Crippen molar-refractivity contribution in [2.75, 3.05) is 6.61 Å². The van der Waals surface area contributed by atoms with Crippen molar-refractivity contribution in [1.82, 2.24) is 0 Å². The molecule has 0 aromatic rings. The molecule has 0 spiro atoms. The van der Waals surface area contributed by atoms with Crippen LogP contribution in [0.15, 0.2) is 0 Å². The van der Waals surface area contributed by atoms with E-state index in [4.69, 9.17) is 4.74 Å². The maximum absolute atomic E-state index is 11.2. The molecule has 1 saturated carbocycles. The van der Waals surface area contributed by atoms with Gasteiger partial charge in [-0.2, -0.15) is 0 Å². The average Bonchev–Trinajstić information content (AvgIpc) is 2.10. The highest BCUT2D eigenvalue weighted by atomic mass is 16.5. The fourth-order valence-corrected chi connectivity index (χ4v) is 2.58. The second kappa shape index (κ2) is 4.01. The Kier molecular flexibility index (Phi) is 3.36. The molecule has 1 aliphatic carbocycles. The van der Waals surface area contributed by atoms with Gasteiger partial charge in [-0.25, -0.2) is 0 Å². The van der Waals surface area contributed by atoms with Crippen LogP contribution in [-0.4, -0.2) is 18.5 Å². The van der Waals surface area contributed by atoms with Crippen LogP contribution in [0.4, 0.5) is 0 Å². The van der Waals surface area contributed by atoms with E-state index in [1.165, 1.54) is 0 Å². The molecule has 0 heterocycles. The van der Waals surface area contributed by atoms with E-state index >= 15 is 0 Å². The minimum atomic E-state index is -0.496. The highest BCUT2D eigenvalue weighted by molar-refractivity contribution is 5.63. The minimum absolute atomic E-state index is 0.337. The second-order valence-corrected chi connectivity index (χ2v) is 5.28. The van der Waals surface area contributed by atoms with Crippen molar-refractivity contribution < 1.29 is 9.53 Å². The Bertz CT molecular complexity index is 210. The second-order valence-electron chi connectivity index (χ2n) is 5.28. The quantitative estimate of drug-likeness (QED) is 0.652. The molecule has 1 fully saturated rings. The minimum Gasteiger partial charge on any atom is -0.368 e. The lowest BCUT2D eigenvalue weighted by atomic mass is 9.66. The molecule has 1 aliphatic rings. The van der Waals surface area contributed by atoms with E-state index in [-0.39, 0.29) is 0 Å². The van der Waals surface area contributed by atoms with E-state index in [0.29, 0.717) is 17.9 Å². The zero-order valence-electron chi connectivity index (χ0n) is 9.80. The van der Waals surface area contributed by atoms with E-state index in [9.17, 15) is 4.79 Å². The number of hydrogen-bond acceptors (Lipinski definition) is 2. The van der Waals surface area contributed by atoms with E-state index in [1.807, 2.05) is 6.92 Å². The van der Waals surface area contributed by atoms with Gasteiger partial charge in [-0.1, -0.05) is 20.8 Å². The molecule has 0 aromatic heterocycles. The van der Waals surface area contributed by atoms with Crippen LogP contribution in [0.5, 0.6) is 0 Å². The summed E-state index contributed by atoms with van der Waals surface area (Å²) < 4.78 is 5.66. The fraction of sp³-hybridized carbons (Fsp3) is 0.917. The summed E-state index contributed by atoms with van der Waals surface area (Å²) in [6.07, 6.45) is 4.05. The Balaban J connectivity index is 2.76. The number of ether oxygens (including phenoxy) is 1. The molecule has 0 aromatic carbocycles. The van der Waals surface area contributed by atoms with Crippen molar-refractivity contribution >= 4 is 6.29 Å². The van der Waals surface area contributed by atoms with E-state index in [1.54, 1.807) is 0 Å². The third-order valence-corrected chi connectivity index (χ3v) is 3.50. The summed E-state index contributed by atoms with van der Waals surface area (Å²) in [5, 5.41) is 0. The van der Waals surface area contributed by atoms with Gasteiger partial charge in [-0.05, 0) is 37.5 Å². The zero-order valence-corrected chi connectivity index (χ0v) is 9.80. The molecule has 82 valence electrons. The predicted molar refractivity (Wildman–Crippen MR) is 57.2 cm³/mol. The summed E-state index contributed by atoms with van der Waals surface area (Å²) in [7, 11) is 0. The van der Waals surface area contributed by atoms with Gasteiger partial charge in [0.25, 0.3) is 0 Å². The van der Waals surface area contributed by atoms with Crippen LogP contribution in [0, 0.1) is 11.3 Å². The van der Waals surface area contributed by atoms with Crippen molar-refractivity contribution in [3.8, 4) is 0 Å². The van der Waals surface area contributed by atoms with Gasteiger partial charge in [0.05, 0.1) is 0 Å². The van der Waals surface area contributed by atoms with Crippen molar-refractivity contribution in [1.29, 1.82) is 0 Å². The average molecular weight is 198 g/mol. The molecular formula is C12H22O2. The molecule has 0 saturated heterocycles. The monoisotopic (exact) mass is 198 g/mol. The molecular weight excluding hydrogens is 176 g/mol. The van der Waals surface area contributed by atoms with E-state index < -0.39 is 5.60 Å². The molecule has 14 heavy (non-hydrogen) atoms. The Morgan fingerprint density at radius 1 is 1.43 bits per heavy atom. The Labute approximate surface area is 87.0 Å². The molecule has 2 atom stereocenters. The number of carbonyl (C=O) groups is 1. The largest absolute Gasteiger partial charge is 0.368 e. The lowest BCUT2D eigenvalue weighted by Gasteiger charge is -2.44. The van der Waals surface area contributed by atoms with Crippen LogP contribution in [0.1, 0.15) is 47.0 Å². The van der Waals surface area contributed by atoms with E-state index in [2.05, 4.69) is 20.8 Å². The lowest BCUT2D eigenvalue weighted by Crippen LogP contribution is -2.47. The van der Waals surface area contributed by atoms with E-state index in [0.717, 1.165) is 25.5 Å². The molecule has 0 bridgehead atoms. The Morgan fingerprint density at radius 2 is 2.07 bits per heavy atom. The summed E-state index contributed by atoms with van der Waals surface area (Å²) in [4.78, 5) is 11.2. The molecule has 0 N–H and O–H groups in total. The molecule has 1 rings (SSSR count). The third-order valence-electron chi connectivity index (χ3n) is 3.50. The first-order chi connectivity index (χ1) is 6.46. The van der Waals surface area contributed by atoms with Gasteiger partial charge in [0, 0.05) is 6.61 Å². The van der Waals surface area contributed by atoms with Crippen molar-refractivity contribution in [2.24, 2.45) is 11.3 Å². The summed E-state index contributed by atoms with van der Waals surface area (Å²) in [5.41, 5.74) is -0.132. The highest BCUT2D eigenvalue weighted by Gasteiger charge is 2.44. The maximum Gasteiger partial charge on any atom is 0.152 e. The Hall–Kier alpha value is -0.370. The molecule has 2 heteroatoms. The maximum atomic E-state index is 11.2. The molecule has 0 amide bonds. The number of hydrogen-bond donors (Lipinski definition) is 0.